The van der Waals surface area contributed by atoms with Crippen LogP contribution in [0.25, 0.3) is 0 Å². The van der Waals surface area contributed by atoms with Gasteiger partial charge < -0.3 is 15.1 Å². The number of hydrogen-bond acceptors (Lipinski definition) is 6. The summed E-state index contributed by atoms with van der Waals surface area (Å²) in [7, 11) is 0. The molecule has 0 radical (unpaired) electrons. The molecule has 2 aromatic rings. The number of benzene rings is 1. The lowest BCUT2D eigenvalue weighted by atomic mass is 9.73. The number of carbonyl (C=O) groups is 3. The summed E-state index contributed by atoms with van der Waals surface area (Å²) in [6.45, 7) is 1.91. The predicted molar refractivity (Wildman–Crippen MR) is 143 cm³/mol. The Labute approximate surface area is 224 Å². The smallest absolute Gasteiger partial charge is 0.245 e. The highest BCUT2D eigenvalue weighted by Gasteiger charge is 2.54. The number of nitrogens with zero attached hydrogens (tertiary/aromatic N) is 3. The molecule has 4 aliphatic rings. The van der Waals surface area contributed by atoms with Crippen molar-refractivity contribution in [2.75, 3.05) is 36.4 Å². The van der Waals surface area contributed by atoms with Gasteiger partial charge in [0.2, 0.25) is 17.7 Å². The molecule has 194 valence electrons. The van der Waals surface area contributed by atoms with E-state index in [1.165, 1.54) is 0 Å². The van der Waals surface area contributed by atoms with Gasteiger partial charge in [-0.25, -0.2) is 4.98 Å². The molecule has 3 unspecified atom stereocenters. The Hall–Kier alpha value is -2.82. The number of pyridine rings is 1. The number of piperidine rings is 1. The van der Waals surface area contributed by atoms with E-state index in [4.69, 9.17) is 0 Å². The van der Waals surface area contributed by atoms with Crippen molar-refractivity contribution in [3.8, 4) is 0 Å². The van der Waals surface area contributed by atoms with Gasteiger partial charge >= 0.3 is 0 Å². The van der Waals surface area contributed by atoms with Crippen molar-refractivity contribution in [1.29, 1.82) is 0 Å². The molecule has 0 bridgehead atoms. The van der Waals surface area contributed by atoms with Crippen LogP contribution in [0, 0.1) is 11.8 Å². The second-order valence-electron chi connectivity index (χ2n) is 10.6. The first-order valence-electron chi connectivity index (χ1n) is 13.1. The lowest BCUT2D eigenvalue weighted by Gasteiger charge is -2.41. The number of halogens is 1. The number of likely N-dealkylation sites (tertiary alicyclic amines) is 1. The normalized spacial score (nSPS) is 26.2. The zero-order chi connectivity index (χ0) is 25.6. The molecule has 3 atom stereocenters. The average molecular weight is 567 g/mol. The number of fused-ring (bicyclic) bond motifs is 3. The van der Waals surface area contributed by atoms with Crippen LogP contribution in [0.1, 0.15) is 37.7 Å². The number of aromatic nitrogens is 1. The van der Waals surface area contributed by atoms with Gasteiger partial charge in [-0.3, -0.25) is 25.2 Å². The van der Waals surface area contributed by atoms with E-state index < -0.39 is 5.41 Å². The van der Waals surface area contributed by atoms with Gasteiger partial charge in [-0.2, -0.15) is 0 Å². The lowest BCUT2D eigenvalue weighted by Crippen LogP contribution is -2.52. The number of carbonyl (C=O) groups excluding carboxylic acids is 3. The molecular formula is C27H31BrN6O3. The largest absolute Gasteiger partial charge is 0.342 e. The van der Waals surface area contributed by atoms with Crippen LogP contribution in [0.5, 0.6) is 0 Å². The van der Waals surface area contributed by atoms with Crippen LogP contribution in [0.15, 0.2) is 47.1 Å². The monoisotopic (exact) mass is 566 g/mol. The van der Waals surface area contributed by atoms with E-state index >= 15 is 0 Å². The summed E-state index contributed by atoms with van der Waals surface area (Å²) in [4.78, 5) is 48.0. The number of nitrogens with one attached hydrogen (secondary N) is 3. The highest BCUT2D eigenvalue weighted by Crippen LogP contribution is 2.51. The Morgan fingerprint density at radius 1 is 1.14 bits per heavy atom. The van der Waals surface area contributed by atoms with Crippen LogP contribution in [0.3, 0.4) is 0 Å². The van der Waals surface area contributed by atoms with Crippen LogP contribution in [-0.2, 0) is 19.8 Å². The summed E-state index contributed by atoms with van der Waals surface area (Å²) in [5.41, 5.74) is 7.51. The average Bonchev–Trinajstić information content (AvgIpc) is 3.47. The zero-order valence-corrected chi connectivity index (χ0v) is 22.2. The van der Waals surface area contributed by atoms with Gasteiger partial charge in [0, 0.05) is 53.5 Å². The number of rotatable bonds is 4. The van der Waals surface area contributed by atoms with Crippen molar-refractivity contribution in [2.45, 2.75) is 43.6 Å². The fourth-order valence-electron chi connectivity index (χ4n) is 6.66. The van der Waals surface area contributed by atoms with E-state index in [0.29, 0.717) is 43.7 Å². The van der Waals surface area contributed by atoms with Gasteiger partial charge in [-0.05, 0) is 62.3 Å². The molecule has 10 heteroatoms. The maximum absolute atomic E-state index is 14.0. The van der Waals surface area contributed by atoms with Crippen LogP contribution < -0.4 is 21.1 Å². The topological polar surface area (TPSA) is 107 Å². The second kappa shape index (κ2) is 9.81. The van der Waals surface area contributed by atoms with Crippen molar-refractivity contribution < 1.29 is 14.4 Å². The first kappa shape index (κ1) is 24.5. The van der Waals surface area contributed by atoms with Crippen molar-refractivity contribution in [3.63, 3.8) is 0 Å². The summed E-state index contributed by atoms with van der Waals surface area (Å²) in [6, 6.07) is 11.5. The molecule has 1 aromatic heterocycles. The number of amides is 3. The molecule has 6 rings (SSSR count). The van der Waals surface area contributed by atoms with Gasteiger partial charge in [-0.1, -0.05) is 28.1 Å². The number of anilines is 2. The third kappa shape index (κ3) is 4.34. The van der Waals surface area contributed by atoms with Crippen LogP contribution >= 0.6 is 15.9 Å². The van der Waals surface area contributed by atoms with E-state index in [0.717, 1.165) is 41.5 Å². The van der Waals surface area contributed by atoms with Crippen LogP contribution in [-0.4, -0.2) is 59.8 Å². The summed E-state index contributed by atoms with van der Waals surface area (Å²) >= 11 is 3.68. The Bertz CT molecular complexity index is 1220. The molecule has 9 nitrogen and oxygen atoms in total. The van der Waals surface area contributed by atoms with Gasteiger partial charge in [0.15, 0.2) is 0 Å². The molecule has 1 aliphatic carbocycles. The minimum Gasteiger partial charge on any atom is -0.342 e. The second-order valence-corrected chi connectivity index (χ2v) is 11.5. The maximum atomic E-state index is 14.0. The Morgan fingerprint density at radius 2 is 1.97 bits per heavy atom. The van der Waals surface area contributed by atoms with E-state index in [1.807, 2.05) is 23.1 Å². The van der Waals surface area contributed by atoms with E-state index in [1.54, 1.807) is 29.3 Å². The van der Waals surface area contributed by atoms with Crippen LogP contribution in [0.2, 0.25) is 0 Å². The van der Waals surface area contributed by atoms with Gasteiger partial charge in [0.05, 0.1) is 5.41 Å². The van der Waals surface area contributed by atoms with E-state index in [2.05, 4.69) is 37.1 Å². The Kier molecular flexibility index (Phi) is 6.50. The molecule has 3 N–H and O–H groups in total. The molecule has 3 fully saturated rings. The molecule has 2 saturated heterocycles. The molecule has 3 amide bonds. The standard InChI is InChI=1S/C27H31BrN6O3/c28-19-4-3-5-21-24(19)27(26(37)34(21)16-23(35)31-22-6-1-2-11-29-22)9-12-33(13-10-27)25(36)17-7-8-20-18(14-17)15-30-32-20/h1-6,11,17-18,20,30,32H,7-10,12-16H2,(H,29,31,35). The minimum absolute atomic E-state index is 0.0575. The molecule has 37 heavy (non-hydrogen) atoms. The minimum atomic E-state index is -0.742. The van der Waals surface area contributed by atoms with Crippen molar-refractivity contribution in [3.05, 3.63) is 52.6 Å². The summed E-state index contributed by atoms with van der Waals surface area (Å²) in [5.74, 6) is 0.874. The number of hydrazine groups is 1. The van der Waals surface area contributed by atoms with Crippen molar-refractivity contribution in [1.82, 2.24) is 20.7 Å². The van der Waals surface area contributed by atoms with Crippen molar-refractivity contribution in [2.24, 2.45) is 11.8 Å². The van der Waals surface area contributed by atoms with Crippen molar-refractivity contribution >= 4 is 45.2 Å². The van der Waals surface area contributed by atoms with Gasteiger partial charge in [0.1, 0.15) is 12.4 Å². The summed E-state index contributed by atoms with van der Waals surface area (Å²) < 4.78 is 0.866. The third-order valence-electron chi connectivity index (χ3n) is 8.56. The van der Waals surface area contributed by atoms with Gasteiger partial charge in [-0.15, -0.1) is 0 Å². The first-order valence-corrected chi connectivity index (χ1v) is 13.8. The van der Waals surface area contributed by atoms with Gasteiger partial charge in [0.25, 0.3) is 0 Å². The quantitative estimate of drug-likeness (QED) is 0.525. The third-order valence-corrected chi connectivity index (χ3v) is 9.22. The highest BCUT2D eigenvalue weighted by molar-refractivity contribution is 9.10. The Morgan fingerprint density at radius 3 is 2.76 bits per heavy atom. The SMILES string of the molecule is O=C(CN1C(=O)C2(CCN(C(=O)C3CCC4NNCC4C3)CC2)c2c(Br)cccc21)Nc1ccccn1. The predicted octanol–water partition coefficient (Wildman–Crippen LogP) is 2.58. The fourth-order valence-corrected chi connectivity index (χ4v) is 7.40. The Balaban J connectivity index is 1.18. The first-order chi connectivity index (χ1) is 18.0. The van der Waals surface area contributed by atoms with Crippen LogP contribution in [0.4, 0.5) is 11.5 Å². The zero-order valence-electron chi connectivity index (χ0n) is 20.6. The molecule has 1 aromatic carbocycles. The molecule has 1 saturated carbocycles. The summed E-state index contributed by atoms with van der Waals surface area (Å²) in [6.07, 6.45) is 5.54. The van der Waals surface area contributed by atoms with E-state index in [9.17, 15) is 14.4 Å². The van der Waals surface area contributed by atoms with E-state index in [-0.39, 0.29) is 30.2 Å². The molecule has 3 aliphatic heterocycles. The highest BCUT2D eigenvalue weighted by atomic mass is 79.9. The maximum Gasteiger partial charge on any atom is 0.245 e. The molecular weight excluding hydrogens is 536 g/mol. The number of hydrogen-bond donors (Lipinski definition) is 3. The lowest BCUT2D eigenvalue weighted by molar-refractivity contribution is -0.140. The molecule has 4 heterocycles. The molecule has 1 spiro atoms. The fraction of sp³-hybridized carbons (Fsp3) is 0.481. The summed E-state index contributed by atoms with van der Waals surface area (Å²) in [5, 5.41) is 2.78.